The predicted molar refractivity (Wildman–Crippen MR) is 84.3 cm³/mol. The van der Waals surface area contributed by atoms with Gasteiger partial charge < -0.3 is 10.3 Å². The van der Waals surface area contributed by atoms with Crippen molar-refractivity contribution >= 4 is 45.5 Å². The normalized spacial score (nSPS) is 10.7. The van der Waals surface area contributed by atoms with E-state index in [0.717, 1.165) is 22.3 Å². The zero-order chi connectivity index (χ0) is 14.1. The van der Waals surface area contributed by atoms with Crippen LogP contribution in [0.5, 0.6) is 0 Å². The Labute approximate surface area is 125 Å². The van der Waals surface area contributed by atoms with Crippen LogP contribution in [0.4, 0.5) is 11.4 Å². The Hall–Kier alpha value is -1.97. The summed E-state index contributed by atoms with van der Waals surface area (Å²) in [4.78, 5) is 14.5. The molecule has 100 valence electrons. The van der Waals surface area contributed by atoms with E-state index < -0.39 is 0 Å². The molecule has 1 heterocycles. The summed E-state index contributed by atoms with van der Waals surface area (Å²) in [5, 5.41) is 5.08. The SMILES string of the molecule is O=c1cc(Nc2ccc(Cl)c(Cl)c2)c2ccccc2[nH]1. The lowest BCUT2D eigenvalue weighted by Gasteiger charge is -2.10. The maximum atomic E-state index is 11.7. The standard InChI is InChI=1S/C15H10Cl2N2O/c16-11-6-5-9(7-12(11)17)18-14-8-15(20)19-13-4-2-1-3-10(13)14/h1-8H,(H2,18,19,20). The van der Waals surface area contributed by atoms with Gasteiger partial charge >= 0.3 is 0 Å². The number of nitrogens with one attached hydrogen (secondary N) is 2. The molecule has 2 aromatic carbocycles. The molecule has 5 heteroatoms. The molecule has 0 amide bonds. The van der Waals surface area contributed by atoms with Gasteiger partial charge in [0.1, 0.15) is 0 Å². The van der Waals surface area contributed by atoms with Crippen LogP contribution in [-0.4, -0.2) is 4.98 Å². The highest BCUT2D eigenvalue weighted by Gasteiger charge is 2.05. The Morgan fingerprint density at radius 1 is 0.950 bits per heavy atom. The van der Waals surface area contributed by atoms with Crippen molar-refractivity contribution in [3.05, 3.63) is 68.9 Å². The quantitative estimate of drug-likeness (QED) is 0.728. The Bertz CT molecular complexity index is 843. The van der Waals surface area contributed by atoms with E-state index in [1.54, 1.807) is 12.1 Å². The first-order valence-corrected chi connectivity index (χ1v) is 6.73. The van der Waals surface area contributed by atoms with Crippen LogP contribution in [0, 0.1) is 0 Å². The van der Waals surface area contributed by atoms with E-state index in [4.69, 9.17) is 23.2 Å². The van der Waals surface area contributed by atoms with Crippen LogP contribution < -0.4 is 10.9 Å². The number of aromatic amines is 1. The smallest absolute Gasteiger partial charge is 0.250 e. The van der Waals surface area contributed by atoms with Crippen molar-refractivity contribution in [1.82, 2.24) is 4.98 Å². The minimum Gasteiger partial charge on any atom is -0.355 e. The summed E-state index contributed by atoms with van der Waals surface area (Å²) in [6, 6.07) is 14.3. The maximum absolute atomic E-state index is 11.7. The van der Waals surface area contributed by atoms with Crippen molar-refractivity contribution < 1.29 is 0 Å². The molecule has 0 saturated carbocycles. The molecule has 0 atom stereocenters. The molecule has 0 spiro atoms. The molecule has 0 aliphatic carbocycles. The van der Waals surface area contributed by atoms with Crippen LogP contribution in [-0.2, 0) is 0 Å². The summed E-state index contributed by atoms with van der Waals surface area (Å²) >= 11 is 11.9. The van der Waals surface area contributed by atoms with Crippen molar-refractivity contribution in [2.24, 2.45) is 0 Å². The molecule has 0 aliphatic rings. The fraction of sp³-hybridized carbons (Fsp3) is 0. The molecule has 3 rings (SSSR count). The fourth-order valence-electron chi connectivity index (χ4n) is 2.04. The van der Waals surface area contributed by atoms with Crippen LogP contribution in [0.2, 0.25) is 10.0 Å². The second-order valence-corrected chi connectivity index (χ2v) is 5.16. The van der Waals surface area contributed by atoms with E-state index in [-0.39, 0.29) is 5.56 Å². The van der Waals surface area contributed by atoms with Crippen LogP contribution in [0.3, 0.4) is 0 Å². The molecule has 0 unspecified atom stereocenters. The number of hydrogen-bond donors (Lipinski definition) is 2. The number of hydrogen-bond acceptors (Lipinski definition) is 2. The van der Waals surface area contributed by atoms with Gasteiger partial charge in [-0.3, -0.25) is 4.79 Å². The predicted octanol–water partition coefficient (Wildman–Crippen LogP) is 4.58. The fourth-order valence-corrected chi connectivity index (χ4v) is 2.34. The van der Waals surface area contributed by atoms with Gasteiger partial charge in [-0.2, -0.15) is 0 Å². The van der Waals surface area contributed by atoms with E-state index in [1.165, 1.54) is 6.07 Å². The topological polar surface area (TPSA) is 44.9 Å². The van der Waals surface area contributed by atoms with E-state index in [9.17, 15) is 4.79 Å². The number of benzene rings is 2. The number of anilines is 2. The van der Waals surface area contributed by atoms with Gasteiger partial charge in [-0.15, -0.1) is 0 Å². The number of rotatable bonds is 2. The highest BCUT2D eigenvalue weighted by atomic mass is 35.5. The van der Waals surface area contributed by atoms with Crippen molar-refractivity contribution in [3.63, 3.8) is 0 Å². The summed E-state index contributed by atoms with van der Waals surface area (Å²) in [7, 11) is 0. The summed E-state index contributed by atoms with van der Waals surface area (Å²) in [6.45, 7) is 0. The molecule has 2 N–H and O–H groups in total. The number of pyridine rings is 1. The van der Waals surface area contributed by atoms with Crippen LogP contribution in [0.1, 0.15) is 0 Å². The van der Waals surface area contributed by atoms with Gasteiger partial charge in [0.05, 0.1) is 21.2 Å². The average molecular weight is 305 g/mol. The highest BCUT2D eigenvalue weighted by molar-refractivity contribution is 6.42. The maximum Gasteiger partial charge on any atom is 0.250 e. The van der Waals surface area contributed by atoms with Crippen molar-refractivity contribution in [1.29, 1.82) is 0 Å². The number of halogens is 2. The second kappa shape index (κ2) is 5.19. The van der Waals surface area contributed by atoms with Gasteiger partial charge in [-0.1, -0.05) is 41.4 Å². The van der Waals surface area contributed by atoms with Gasteiger partial charge in [0, 0.05) is 17.1 Å². The minimum absolute atomic E-state index is 0.161. The molecule has 3 aromatic rings. The molecule has 3 nitrogen and oxygen atoms in total. The largest absolute Gasteiger partial charge is 0.355 e. The number of aromatic nitrogens is 1. The number of fused-ring (bicyclic) bond motifs is 1. The van der Waals surface area contributed by atoms with Crippen LogP contribution >= 0.6 is 23.2 Å². The zero-order valence-corrected chi connectivity index (χ0v) is 11.8. The first-order chi connectivity index (χ1) is 9.63. The monoisotopic (exact) mass is 304 g/mol. The van der Waals surface area contributed by atoms with Crippen LogP contribution in [0.15, 0.2) is 53.3 Å². The molecule has 1 aromatic heterocycles. The molecule has 0 aliphatic heterocycles. The second-order valence-electron chi connectivity index (χ2n) is 4.35. The third kappa shape index (κ3) is 2.50. The van der Waals surface area contributed by atoms with E-state index in [0.29, 0.717) is 10.0 Å². The van der Waals surface area contributed by atoms with Crippen LogP contribution in [0.25, 0.3) is 10.9 Å². The average Bonchev–Trinajstić information content (AvgIpc) is 2.43. The van der Waals surface area contributed by atoms with Crippen molar-refractivity contribution in [3.8, 4) is 0 Å². The lowest BCUT2D eigenvalue weighted by molar-refractivity contribution is 1.30. The molecular formula is C15H10Cl2N2O. The molecule has 0 radical (unpaired) electrons. The summed E-state index contributed by atoms with van der Waals surface area (Å²) in [6.07, 6.45) is 0. The molecule has 0 fully saturated rings. The van der Waals surface area contributed by atoms with Gasteiger partial charge in [0.25, 0.3) is 0 Å². The Kier molecular flexibility index (Phi) is 3.38. The summed E-state index contributed by atoms with van der Waals surface area (Å²) in [5.74, 6) is 0. The van der Waals surface area contributed by atoms with Gasteiger partial charge in [0.2, 0.25) is 5.56 Å². The van der Waals surface area contributed by atoms with E-state index in [1.807, 2.05) is 30.3 Å². The van der Waals surface area contributed by atoms with E-state index in [2.05, 4.69) is 10.3 Å². The zero-order valence-electron chi connectivity index (χ0n) is 10.3. The number of para-hydroxylation sites is 1. The molecule has 0 bridgehead atoms. The Balaban J connectivity index is 2.10. The lowest BCUT2D eigenvalue weighted by atomic mass is 10.2. The Morgan fingerprint density at radius 3 is 2.55 bits per heavy atom. The lowest BCUT2D eigenvalue weighted by Crippen LogP contribution is -2.06. The van der Waals surface area contributed by atoms with Gasteiger partial charge in [-0.05, 0) is 24.3 Å². The molecular weight excluding hydrogens is 295 g/mol. The molecule has 20 heavy (non-hydrogen) atoms. The third-order valence-corrected chi connectivity index (χ3v) is 3.69. The van der Waals surface area contributed by atoms with Crippen molar-refractivity contribution in [2.45, 2.75) is 0 Å². The summed E-state index contributed by atoms with van der Waals surface area (Å²) in [5.41, 5.74) is 2.12. The Morgan fingerprint density at radius 2 is 1.75 bits per heavy atom. The van der Waals surface area contributed by atoms with Gasteiger partial charge in [0.15, 0.2) is 0 Å². The first-order valence-electron chi connectivity index (χ1n) is 5.97. The summed E-state index contributed by atoms with van der Waals surface area (Å²) < 4.78 is 0. The number of H-pyrrole nitrogens is 1. The van der Waals surface area contributed by atoms with Crippen molar-refractivity contribution in [2.75, 3.05) is 5.32 Å². The molecule has 0 saturated heterocycles. The third-order valence-electron chi connectivity index (χ3n) is 2.95. The minimum atomic E-state index is -0.161. The highest BCUT2D eigenvalue weighted by Crippen LogP contribution is 2.28. The van der Waals surface area contributed by atoms with Gasteiger partial charge in [-0.25, -0.2) is 0 Å². The van der Waals surface area contributed by atoms with E-state index >= 15 is 0 Å². The first kappa shape index (κ1) is 13.0.